The van der Waals surface area contributed by atoms with Gasteiger partial charge in [0, 0.05) is 36.4 Å². The molecule has 0 atom stereocenters. The molecular weight excluding hydrogens is 308 g/mol. The van der Waals surface area contributed by atoms with E-state index in [9.17, 15) is 0 Å². The standard InChI is InChI=1S/C14H13ClN4OS/c15-9-5-11(7-16-6-9)20-13-12(8-17-10-1-2-10)19-3-4-21-14(19)18-13/h3-7,10,17H,1-2,8H2. The third-order valence-corrected chi connectivity index (χ3v) is 4.32. The van der Waals surface area contributed by atoms with E-state index in [1.165, 1.54) is 12.8 Å². The van der Waals surface area contributed by atoms with Gasteiger partial charge in [-0.1, -0.05) is 11.6 Å². The molecule has 0 bridgehead atoms. The minimum absolute atomic E-state index is 0.547. The fraction of sp³-hybridized carbons (Fsp3) is 0.286. The summed E-state index contributed by atoms with van der Waals surface area (Å²) in [6, 6.07) is 2.37. The lowest BCUT2D eigenvalue weighted by Crippen LogP contribution is -2.16. The number of hydrogen-bond acceptors (Lipinski definition) is 5. The number of fused-ring (bicyclic) bond motifs is 1. The maximum absolute atomic E-state index is 5.94. The van der Waals surface area contributed by atoms with Crippen molar-refractivity contribution in [2.45, 2.75) is 25.4 Å². The van der Waals surface area contributed by atoms with E-state index in [-0.39, 0.29) is 0 Å². The summed E-state index contributed by atoms with van der Waals surface area (Å²) < 4.78 is 7.94. The monoisotopic (exact) mass is 320 g/mol. The lowest BCUT2D eigenvalue weighted by molar-refractivity contribution is 0.453. The number of halogens is 1. The summed E-state index contributed by atoms with van der Waals surface area (Å²) in [5.74, 6) is 1.21. The topological polar surface area (TPSA) is 51.5 Å². The molecule has 1 aliphatic carbocycles. The van der Waals surface area contributed by atoms with Crippen molar-refractivity contribution in [1.29, 1.82) is 0 Å². The molecule has 5 nitrogen and oxygen atoms in total. The summed E-state index contributed by atoms with van der Waals surface area (Å²) in [5.41, 5.74) is 1.03. The minimum Gasteiger partial charge on any atom is -0.435 e. The van der Waals surface area contributed by atoms with Crippen LogP contribution in [0.4, 0.5) is 0 Å². The van der Waals surface area contributed by atoms with Gasteiger partial charge in [0.2, 0.25) is 5.88 Å². The van der Waals surface area contributed by atoms with Crippen molar-refractivity contribution < 1.29 is 4.74 Å². The second-order valence-electron chi connectivity index (χ2n) is 5.02. The highest BCUT2D eigenvalue weighted by Gasteiger charge is 2.23. The number of hydrogen-bond donors (Lipinski definition) is 1. The summed E-state index contributed by atoms with van der Waals surface area (Å²) >= 11 is 7.53. The highest BCUT2D eigenvalue weighted by molar-refractivity contribution is 7.15. The van der Waals surface area contributed by atoms with Crippen LogP contribution in [0.15, 0.2) is 30.0 Å². The first-order chi connectivity index (χ1) is 10.3. The molecule has 3 aromatic heterocycles. The van der Waals surface area contributed by atoms with Crippen LogP contribution in [0.5, 0.6) is 11.6 Å². The van der Waals surface area contributed by atoms with E-state index < -0.39 is 0 Å². The highest BCUT2D eigenvalue weighted by atomic mass is 35.5. The fourth-order valence-electron chi connectivity index (χ4n) is 2.14. The predicted molar refractivity (Wildman–Crippen MR) is 82.3 cm³/mol. The first kappa shape index (κ1) is 13.1. The van der Waals surface area contributed by atoms with E-state index in [1.54, 1.807) is 29.8 Å². The van der Waals surface area contributed by atoms with Crippen molar-refractivity contribution in [3.05, 3.63) is 40.8 Å². The van der Waals surface area contributed by atoms with Crippen molar-refractivity contribution >= 4 is 27.9 Å². The zero-order chi connectivity index (χ0) is 14.2. The molecule has 3 aromatic rings. The van der Waals surface area contributed by atoms with Gasteiger partial charge in [-0.3, -0.25) is 9.38 Å². The average Bonchev–Trinajstić information content (AvgIpc) is 3.08. The fourth-order valence-corrected chi connectivity index (χ4v) is 3.03. The van der Waals surface area contributed by atoms with Crippen LogP contribution < -0.4 is 10.1 Å². The van der Waals surface area contributed by atoms with Crippen LogP contribution in [-0.4, -0.2) is 20.4 Å². The molecule has 4 rings (SSSR count). The number of nitrogens with one attached hydrogen (secondary N) is 1. The maximum Gasteiger partial charge on any atom is 0.243 e. The van der Waals surface area contributed by atoms with Crippen molar-refractivity contribution in [2.24, 2.45) is 0 Å². The van der Waals surface area contributed by atoms with E-state index in [0.29, 0.717) is 22.7 Å². The Morgan fingerprint density at radius 1 is 1.43 bits per heavy atom. The van der Waals surface area contributed by atoms with Gasteiger partial charge in [-0.2, -0.15) is 4.98 Å². The van der Waals surface area contributed by atoms with Crippen LogP contribution >= 0.6 is 22.9 Å². The molecule has 0 aromatic carbocycles. The number of imidazole rings is 1. The van der Waals surface area contributed by atoms with Crippen molar-refractivity contribution in [2.75, 3.05) is 0 Å². The summed E-state index contributed by atoms with van der Waals surface area (Å²) in [5, 5.41) is 6.07. The van der Waals surface area contributed by atoms with Gasteiger partial charge in [0.25, 0.3) is 0 Å². The molecule has 0 saturated heterocycles. The lowest BCUT2D eigenvalue weighted by Gasteiger charge is -2.07. The smallest absolute Gasteiger partial charge is 0.243 e. The van der Waals surface area contributed by atoms with Gasteiger partial charge in [0.05, 0.1) is 11.2 Å². The van der Waals surface area contributed by atoms with Crippen LogP contribution in [0.3, 0.4) is 0 Å². The third kappa shape index (κ3) is 2.74. The molecule has 0 unspecified atom stereocenters. The van der Waals surface area contributed by atoms with Gasteiger partial charge < -0.3 is 10.1 Å². The minimum atomic E-state index is 0.547. The largest absolute Gasteiger partial charge is 0.435 e. The lowest BCUT2D eigenvalue weighted by atomic mass is 10.4. The molecule has 1 saturated carbocycles. The molecule has 3 heterocycles. The molecule has 1 aliphatic rings. The summed E-state index contributed by atoms with van der Waals surface area (Å²) in [6.45, 7) is 0.742. The van der Waals surface area contributed by atoms with Gasteiger partial charge in [-0.15, -0.1) is 11.3 Å². The van der Waals surface area contributed by atoms with Crippen LogP contribution in [0.2, 0.25) is 5.02 Å². The van der Waals surface area contributed by atoms with Gasteiger partial charge in [-0.05, 0) is 12.8 Å². The number of thiazole rings is 1. The number of ether oxygens (including phenoxy) is 1. The van der Waals surface area contributed by atoms with Crippen LogP contribution in [0.25, 0.3) is 4.96 Å². The Balaban J connectivity index is 1.65. The second kappa shape index (κ2) is 5.29. The predicted octanol–water partition coefficient (Wildman–Crippen LogP) is 3.49. The number of nitrogens with zero attached hydrogens (tertiary/aromatic N) is 3. The Bertz CT molecular complexity index is 780. The Morgan fingerprint density at radius 2 is 2.33 bits per heavy atom. The molecule has 7 heteroatoms. The summed E-state index contributed by atoms with van der Waals surface area (Å²) in [7, 11) is 0. The Kier molecular flexibility index (Phi) is 3.29. The maximum atomic E-state index is 5.94. The van der Waals surface area contributed by atoms with E-state index in [4.69, 9.17) is 16.3 Å². The molecule has 1 fully saturated rings. The SMILES string of the molecule is Clc1cncc(Oc2nc3sccn3c2CNC2CC2)c1. The summed E-state index contributed by atoms with van der Waals surface area (Å²) in [4.78, 5) is 9.50. The first-order valence-electron chi connectivity index (χ1n) is 6.76. The molecule has 0 radical (unpaired) electrons. The zero-order valence-corrected chi connectivity index (χ0v) is 12.7. The molecule has 0 aliphatic heterocycles. The van der Waals surface area contributed by atoms with Gasteiger partial charge in [0.15, 0.2) is 4.96 Å². The molecule has 0 amide bonds. The van der Waals surface area contributed by atoms with E-state index in [1.807, 2.05) is 11.6 Å². The molecule has 108 valence electrons. The molecule has 21 heavy (non-hydrogen) atoms. The van der Waals surface area contributed by atoms with Crippen molar-refractivity contribution in [1.82, 2.24) is 19.7 Å². The second-order valence-corrected chi connectivity index (χ2v) is 6.32. The van der Waals surface area contributed by atoms with Crippen LogP contribution in [-0.2, 0) is 6.54 Å². The van der Waals surface area contributed by atoms with Gasteiger partial charge in [0.1, 0.15) is 11.4 Å². The van der Waals surface area contributed by atoms with E-state index >= 15 is 0 Å². The molecule has 1 N–H and O–H groups in total. The Labute approximate surface area is 130 Å². The first-order valence-corrected chi connectivity index (χ1v) is 8.01. The van der Waals surface area contributed by atoms with Crippen LogP contribution in [0, 0.1) is 0 Å². The Hall–Kier alpha value is -1.63. The normalized spacial score (nSPS) is 14.7. The Morgan fingerprint density at radius 3 is 3.14 bits per heavy atom. The van der Waals surface area contributed by atoms with Gasteiger partial charge in [-0.25, -0.2) is 0 Å². The quantitative estimate of drug-likeness (QED) is 0.782. The summed E-state index contributed by atoms with van der Waals surface area (Å²) in [6.07, 6.45) is 7.73. The zero-order valence-electron chi connectivity index (χ0n) is 11.1. The van der Waals surface area contributed by atoms with Gasteiger partial charge >= 0.3 is 0 Å². The average molecular weight is 321 g/mol. The number of rotatable bonds is 5. The molecule has 0 spiro atoms. The third-order valence-electron chi connectivity index (χ3n) is 3.35. The number of pyridine rings is 1. The molecular formula is C14H13ClN4OS. The van der Waals surface area contributed by atoms with E-state index in [2.05, 4.69) is 19.7 Å². The number of aromatic nitrogens is 3. The van der Waals surface area contributed by atoms with E-state index in [0.717, 1.165) is 17.2 Å². The van der Waals surface area contributed by atoms with Crippen molar-refractivity contribution in [3.63, 3.8) is 0 Å². The highest BCUT2D eigenvalue weighted by Crippen LogP contribution is 2.29. The van der Waals surface area contributed by atoms with Crippen molar-refractivity contribution in [3.8, 4) is 11.6 Å². The van der Waals surface area contributed by atoms with Crippen LogP contribution in [0.1, 0.15) is 18.5 Å².